The van der Waals surface area contributed by atoms with E-state index >= 15 is 0 Å². The van der Waals surface area contributed by atoms with Crippen LogP contribution in [-0.4, -0.2) is 33.6 Å². The molecular weight excluding hydrogens is 396 g/mol. The van der Waals surface area contributed by atoms with Crippen molar-refractivity contribution in [3.8, 4) is 0 Å². The van der Waals surface area contributed by atoms with Crippen molar-refractivity contribution in [2.24, 2.45) is 0 Å². The van der Waals surface area contributed by atoms with Gasteiger partial charge in [-0.1, -0.05) is 17.7 Å². The molecular formula is C17H19ClN2O4S2. The van der Waals surface area contributed by atoms with Gasteiger partial charge in [0.2, 0.25) is 10.0 Å². The smallest absolute Gasteiger partial charge is 0.251 e. The number of hydrogen-bond donors (Lipinski definition) is 2. The topological polar surface area (TPSA) is 84.5 Å². The Morgan fingerprint density at radius 2 is 2.19 bits per heavy atom. The summed E-state index contributed by atoms with van der Waals surface area (Å²) in [6, 6.07) is 8.04. The van der Waals surface area contributed by atoms with E-state index < -0.39 is 10.0 Å². The molecule has 2 heterocycles. The summed E-state index contributed by atoms with van der Waals surface area (Å²) in [5.74, 6) is -0.356. The minimum atomic E-state index is -3.83. The Kier molecular flexibility index (Phi) is 6.31. The van der Waals surface area contributed by atoms with E-state index in [1.165, 1.54) is 29.5 Å². The van der Waals surface area contributed by atoms with Crippen LogP contribution < -0.4 is 10.0 Å². The summed E-state index contributed by atoms with van der Waals surface area (Å²) in [6.45, 7) is 1.22. The zero-order valence-electron chi connectivity index (χ0n) is 13.9. The molecule has 0 saturated carbocycles. The fourth-order valence-corrected chi connectivity index (χ4v) is 4.85. The number of amides is 1. The highest BCUT2D eigenvalue weighted by Crippen LogP contribution is 2.23. The lowest BCUT2D eigenvalue weighted by Crippen LogP contribution is -2.32. The highest BCUT2D eigenvalue weighted by Gasteiger charge is 2.23. The molecule has 1 atom stereocenters. The number of benzene rings is 1. The molecule has 1 aromatic carbocycles. The van der Waals surface area contributed by atoms with E-state index in [9.17, 15) is 13.2 Å². The van der Waals surface area contributed by atoms with Crippen molar-refractivity contribution >= 4 is 38.9 Å². The quantitative estimate of drug-likeness (QED) is 0.729. The molecule has 0 aliphatic carbocycles. The molecule has 1 aliphatic heterocycles. The Bertz CT molecular complexity index is 863. The van der Waals surface area contributed by atoms with E-state index in [1.54, 1.807) is 0 Å². The average Bonchev–Trinajstić information content (AvgIpc) is 3.32. The first-order valence-electron chi connectivity index (χ1n) is 8.17. The normalized spacial score (nSPS) is 17.3. The van der Waals surface area contributed by atoms with Gasteiger partial charge < -0.3 is 10.1 Å². The number of thiophene rings is 1. The molecule has 1 aromatic heterocycles. The molecule has 140 valence electrons. The molecule has 6 nitrogen and oxygen atoms in total. The maximum absolute atomic E-state index is 12.5. The molecule has 1 saturated heterocycles. The van der Waals surface area contributed by atoms with Crippen LogP contribution in [0.2, 0.25) is 5.02 Å². The zero-order valence-corrected chi connectivity index (χ0v) is 16.3. The summed E-state index contributed by atoms with van der Waals surface area (Å²) < 4.78 is 33.0. The Balaban J connectivity index is 1.70. The van der Waals surface area contributed by atoms with Gasteiger partial charge in [-0.15, -0.1) is 11.3 Å². The van der Waals surface area contributed by atoms with Gasteiger partial charge in [-0.2, -0.15) is 0 Å². The van der Waals surface area contributed by atoms with Crippen molar-refractivity contribution in [3.63, 3.8) is 0 Å². The Labute approximate surface area is 161 Å². The molecule has 26 heavy (non-hydrogen) atoms. The molecule has 1 amide bonds. The van der Waals surface area contributed by atoms with Gasteiger partial charge in [0.25, 0.3) is 5.91 Å². The van der Waals surface area contributed by atoms with Crippen LogP contribution in [0.5, 0.6) is 0 Å². The van der Waals surface area contributed by atoms with Crippen molar-refractivity contribution in [1.29, 1.82) is 0 Å². The van der Waals surface area contributed by atoms with Crippen molar-refractivity contribution in [2.75, 3.05) is 13.2 Å². The van der Waals surface area contributed by atoms with Gasteiger partial charge in [0.15, 0.2) is 0 Å². The number of ether oxygens (including phenoxy) is 1. The first-order chi connectivity index (χ1) is 12.5. The third-order valence-electron chi connectivity index (χ3n) is 4.01. The summed E-state index contributed by atoms with van der Waals surface area (Å²) in [5.41, 5.74) is 0.239. The molecule has 1 fully saturated rings. The number of hydrogen-bond acceptors (Lipinski definition) is 5. The van der Waals surface area contributed by atoms with Crippen LogP contribution in [0.25, 0.3) is 0 Å². The summed E-state index contributed by atoms with van der Waals surface area (Å²) in [7, 11) is -3.83. The van der Waals surface area contributed by atoms with Gasteiger partial charge in [0.05, 0.1) is 17.7 Å². The van der Waals surface area contributed by atoms with Crippen LogP contribution in [0, 0.1) is 0 Å². The fraction of sp³-hybridized carbons (Fsp3) is 0.353. The molecule has 0 radical (unpaired) electrons. The second-order valence-corrected chi connectivity index (χ2v) is 9.07. The highest BCUT2D eigenvalue weighted by atomic mass is 35.5. The summed E-state index contributed by atoms with van der Waals surface area (Å²) in [4.78, 5) is 13.2. The van der Waals surface area contributed by atoms with Crippen LogP contribution in [0.3, 0.4) is 0 Å². The Hall–Kier alpha value is -1.45. The minimum Gasteiger partial charge on any atom is -0.377 e. The summed E-state index contributed by atoms with van der Waals surface area (Å²) >= 11 is 7.59. The highest BCUT2D eigenvalue weighted by molar-refractivity contribution is 7.89. The van der Waals surface area contributed by atoms with Crippen molar-refractivity contribution < 1.29 is 17.9 Å². The van der Waals surface area contributed by atoms with E-state index in [4.69, 9.17) is 16.3 Å². The molecule has 0 spiro atoms. The van der Waals surface area contributed by atoms with Crippen molar-refractivity contribution in [3.05, 3.63) is 51.2 Å². The lowest BCUT2D eigenvalue weighted by atomic mass is 10.2. The molecule has 3 rings (SSSR count). The van der Waals surface area contributed by atoms with E-state index in [2.05, 4.69) is 10.0 Å². The predicted octanol–water partition coefficient (Wildman–Crippen LogP) is 2.79. The maximum Gasteiger partial charge on any atom is 0.251 e. The molecule has 1 aliphatic rings. The van der Waals surface area contributed by atoms with Gasteiger partial charge >= 0.3 is 0 Å². The van der Waals surface area contributed by atoms with Crippen LogP contribution in [0.1, 0.15) is 28.1 Å². The van der Waals surface area contributed by atoms with Crippen LogP contribution in [0.4, 0.5) is 0 Å². The first kappa shape index (κ1) is 19.3. The number of carbonyl (C=O) groups is 1. The number of carbonyl (C=O) groups excluding carboxylic acids is 1. The van der Waals surface area contributed by atoms with Gasteiger partial charge in [-0.3, -0.25) is 4.79 Å². The fourth-order valence-electron chi connectivity index (χ4n) is 2.62. The van der Waals surface area contributed by atoms with Gasteiger partial charge in [-0.05, 0) is 42.5 Å². The third-order valence-corrected chi connectivity index (χ3v) is 6.79. The number of sulfonamides is 1. The molecule has 1 unspecified atom stereocenters. The number of nitrogens with one attached hydrogen (secondary N) is 2. The van der Waals surface area contributed by atoms with Crippen molar-refractivity contribution in [2.45, 2.75) is 30.4 Å². The number of rotatable bonds is 7. The van der Waals surface area contributed by atoms with Crippen molar-refractivity contribution in [1.82, 2.24) is 10.0 Å². The largest absolute Gasteiger partial charge is 0.377 e. The number of halogens is 1. The molecule has 2 aromatic rings. The van der Waals surface area contributed by atoms with Gasteiger partial charge in [-0.25, -0.2) is 13.1 Å². The molecule has 2 N–H and O–H groups in total. The van der Waals surface area contributed by atoms with Gasteiger partial charge in [0.1, 0.15) is 4.90 Å². The monoisotopic (exact) mass is 414 g/mol. The maximum atomic E-state index is 12.5. The molecule has 0 bridgehead atoms. The lowest BCUT2D eigenvalue weighted by molar-refractivity contribution is 0.0951. The van der Waals surface area contributed by atoms with E-state index in [-0.39, 0.29) is 34.0 Å². The predicted molar refractivity (Wildman–Crippen MR) is 101 cm³/mol. The Morgan fingerprint density at radius 1 is 1.35 bits per heavy atom. The Morgan fingerprint density at radius 3 is 2.88 bits per heavy atom. The van der Waals surface area contributed by atoms with E-state index in [0.717, 1.165) is 17.7 Å². The second-order valence-electron chi connectivity index (χ2n) is 5.89. The third kappa shape index (κ3) is 4.83. The van der Waals surface area contributed by atoms with Crippen LogP contribution in [0.15, 0.2) is 40.6 Å². The average molecular weight is 415 g/mol. The lowest BCUT2D eigenvalue weighted by Gasteiger charge is -2.13. The van der Waals surface area contributed by atoms with E-state index in [0.29, 0.717) is 13.2 Å². The second kappa shape index (κ2) is 8.49. The van der Waals surface area contributed by atoms with Crippen LogP contribution >= 0.6 is 22.9 Å². The molecule has 9 heteroatoms. The minimum absolute atomic E-state index is 0.0691. The summed E-state index contributed by atoms with van der Waals surface area (Å²) in [5, 5.41) is 4.76. The SMILES string of the molecule is O=C(NCc1cccs1)c1ccc(Cl)c(S(=O)(=O)NCC2CCCO2)c1. The van der Waals surface area contributed by atoms with E-state index in [1.807, 2.05) is 17.5 Å². The first-order valence-corrected chi connectivity index (χ1v) is 10.9. The summed E-state index contributed by atoms with van der Waals surface area (Å²) in [6.07, 6.45) is 1.62. The van der Waals surface area contributed by atoms with Crippen LogP contribution in [-0.2, 0) is 21.3 Å². The van der Waals surface area contributed by atoms with Gasteiger partial charge in [0, 0.05) is 23.6 Å². The zero-order chi connectivity index (χ0) is 18.6. The standard InChI is InChI=1S/C17H19ClN2O4S2/c18-15-6-5-12(17(21)19-11-14-4-2-8-25-14)9-16(15)26(22,23)20-10-13-3-1-7-24-13/h2,4-6,8-9,13,20H,1,3,7,10-11H2,(H,19,21).